The molecule has 2 aromatic rings. The summed E-state index contributed by atoms with van der Waals surface area (Å²) < 4.78 is 0. The summed E-state index contributed by atoms with van der Waals surface area (Å²) in [6.07, 6.45) is 2.66. The number of benzene rings is 1. The molecular weight excluding hydrogens is 278 g/mol. The molecule has 0 atom stereocenters. The lowest BCUT2D eigenvalue weighted by molar-refractivity contribution is 0.691. The summed E-state index contributed by atoms with van der Waals surface area (Å²) >= 11 is 1.81. The van der Waals surface area contributed by atoms with Crippen LogP contribution in [0.25, 0.3) is 0 Å². The van der Waals surface area contributed by atoms with Gasteiger partial charge >= 0.3 is 0 Å². The third kappa shape index (κ3) is 3.63. The van der Waals surface area contributed by atoms with Crippen molar-refractivity contribution < 1.29 is 0 Å². The van der Waals surface area contributed by atoms with Crippen molar-refractivity contribution in [1.29, 1.82) is 0 Å². The molecule has 0 amide bonds. The Balaban J connectivity index is 1.67. The van der Waals surface area contributed by atoms with Crippen LogP contribution in [0.2, 0.25) is 0 Å². The van der Waals surface area contributed by atoms with E-state index in [1.54, 1.807) is 0 Å². The van der Waals surface area contributed by atoms with E-state index in [1.807, 2.05) is 11.3 Å². The fourth-order valence-corrected chi connectivity index (χ4v) is 3.35. The first-order chi connectivity index (χ1) is 10.1. The molecule has 3 rings (SSSR count). The van der Waals surface area contributed by atoms with Gasteiger partial charge < -0.3 is 10.2 Å². The number of hydrogen-bond donors (Lipinski definition) is 1. The topological polar surface area (TPSA) is 28.2 Å². The monoisotopic (exact) mass is 301 g/mol. The lowest BCUT2D eigenvalue weighted by Crippen LogP contribution is -2.16. The Morgan fingerprint density at radius 1 is 1.29 bits per heavy atom. The molecule has 1 heterocycles. The molecule has 0 unspecified atom stereocenters. The van der Waals surface area contributed by atoms with Crippen molar-refractivity contribution in [1.82, 2.24) is 10.3 Å². The van der Waals surface area contributed by atoms with E-state index in [-0.39, 0.29) is 0 Å². The van der Waals surface area contributed by atoms with E-state index in [0.29, 0.717) is 0 Å². The standard InChI is InChI=1S/C17H23N3S/c1-12-6-4-5-7-14(12)11-20(3)17-19-13(2)16(21-17)10-18-15-8-9-15/h4-7,15,18H,8-11H2,1-3H3. The minimum Gasteiger partial charge on any atom is -0.347 e. The summed E-state index contributed by atoms with van der Waals surface area (Å²) in [6, 6.07) is 9.31. The zero-order chi connectivity index (χ0) is 14.8. The van der Waals surface area contributed by atoms with E-state index in [2.05, 4.69) is 55.4 Å². The van der Waals surface area contributed by atoms with Crippen molar-refractivity contribution in [2.45, 2.75) is 45.8 Å². The third-order valence-electron chi connectivity index (χ3n) is 4.01. The van der Waals surface area contributed by atoms with Gasteiger partial charge in [-0.1, -0.05) is 24.3 Å². The van der Waals surface area contributed by atoms with Crippen LogP contribution in [0.15, 0.2) is 24.3 Å². The quantitative estimate of drug-likeness (QED) is 0.883. The molecule has 0 bridgehead atoms. The Morgan fingerprint density at radius 2 is 2.05 bits per heavy atom. The molecule has 4 heteroatoms. The van der Waals surface area contributed by atoms with Crippen LogP contribution >= 0.6 is 11.3 Å². The number of aromatic nitrogens is 1. The highest BCUT2D eigenvalue weighted by Crippen LogP contribution is 2.28. The highest BCUT2D eigenvalue weighted by Gasteiger charge is 2.21. The van der Waals surface area contributed by atoms with Gasteiger partial charge in [-0.05, 0) is 37.8 Å². The van der Waals surface area contributed by atoms with Crippen LogP contribution in [-0.2, 0) is 13.1 Å². The zero-order valence-corrected chi connectivity index (χ0v) is 13.8. The molecule has 1 fully saturated rings. The van der Waals surface area contributed by atoms with Crippen LogP contribution in [0, 0.1) is 13.8 Å². The van der Waals surface area contributed by atoms with Crippen LogP contribution in [-0.4, -0.2) is 18.1 Å². The van der Waals surface area contributed by atoms with E-state index >= 15 is 0 Å². The number of hydrogen-bond acceptors (Lipinski definition) is 4. The second-order valence-corrected chi connectivity index (χ2v) is 7.00. The molecule has 1 aromatic carbocycles. The number of nitrogens with zero attached hydrogens (tertiary/aromatic N) is 2. The second kappa shape index (κ2) is 6.16. The predicted octanol–water partition coefficient (Wildman–Crippen LogP) is 3.65. The maximum atomic E-state index is 4.74. The summed E-state index contributed by atoms with van der Waals surface area (Å²) in [4.78, 5) is 8.36. The van der Waals surface area contributed by atoms with E-state index in [1.165, 1.54) is 34.5 Å². The molecule has 0 aliphatic heterocycles. The van der Waals surface area contributed by atoms with Gasteiger partial charge in [0.15, 0.2) is 5.13 Å². The Bertz CT molecular complexity index is 616. The Hall–Kier alpha value is -1.39. The number of anilines is 1. The van der Waals surface area contributed by atoms with Crippen LogP contribution < -0.4 is 10.2 Å². The molecule has 1 N–H and O–H groups in total. The summed E-state index contributed by atoms with van der Waals surface area (Å²) in [6.45, 7) is 6.16. The highest BCUT2D eigenvalue weighted by molar-refractivity contribution is 7.15. The minimum atomic E-state index is 0.750. The number of thiazole rings is 1. The van der Waals surface area contributed by atoms with Crippen LogP contribution in [0.1, 0.15) is 34.5 Å². The van der Waals surface area contributed by atoms with E-state index in [9.17, 15) is 0 Å². The summed E-state index contributed by atoms with van der Waals surface area (Å²) in [5, 5.41) is 4.69. The van der Waals surface area contributed by atoms with Gasteiger partial charge in [-0.15, -0.1) is 11.3 Å². The first kappa shape index (κ1) is 14.5. The minimum absolute atomic E-state index is 0.750. The fourth-order valence-electron chi connectivity index (χ4n) is 2.38. The van der Waals surface area contributed by atoms with Crippen molar-refractivity contribution in [3.8, 4) is 0 Å². The lowest BCUT2D eigenvalue weighted by atomic mass is 10.1. The van der Waals surface area contributed by atoms with Gasteiger partial charge in [-0.2, -0.15) is 0 Å². The van der Waals surface area contributed by atoms with Gasteiger partial charge in [0.05, 0.1) is 5.69 Å². The maximum absolute atomic E-state index is 4.74. The molecule has 1 aliphatic carbocycles. The largest absolute Gasteiger partial charge is 0.347 e. The van der Waals surface area contributed by atoms with Gasteiger partial charge in [0.25, 0.3) is 0 Å². The second-order valence-electron chi connectivity index (χ2n) is 5.94. The first-order valence-corrected chi connectivity index (χ1v) is 8.40. The van der Waals surface area contributed by atoms with E-state index in [0.717, 1.165) is 24.3 Å². The van der Waals surface area contributed by atoms with Gasteiger partial charge in [0, 0.05) is 31.1 Å². The molecule has 1 aliphatic rings. The molecule has 21 heavy (non-hydrogen) atoms. The average molecular weight is 301 g/mol. The molecule has 3 nitrogen and oxygen atoms in total. The van der Waals surface area contributed by atoms with Gasteiger partial charge in [-0.25, -0.2) is 4.98 Å². The lowest BCUT2D eigenvalue weighted by Gasteiger charge is -2.17. The van der Waals surface area contributed by atoms with Gasteiger partial charge in [0.2, 0.25) is 0 Å². The summed E-state index contributed by atoms with van der Waals surface area (Å²) in [5.41, 5.74) is 3.87. The molecule has 0 saturated heterocycles. The fraction of sp³-hybridized carbons (Fsp3) is 0.471. The van der Waals surface area contributed by atoms with Crippen LogP contribution in [0.4, 0.5) is 5.13 Å². The van der Waals surface area contributed by atoms with Gasteiger partial charge in [-0.3, -0.25) is 0 Å². The van der Waals surface area contributed by atoms with Crippen LogP contribution in [0.5, 0.6) is 0 Å². The third-order valence-corrected chi connectivity index (χ3v) is 5.28. The number of aryl methyl sites for hydroxylation is 2. The molecule has 1 saturated carbocycles. The van der Waals surface area contributed by atoms with Crippen molar-refractivity contribution in [3.63, 3.8) is 0 Å². The number of nitrogens with one attached hydrogen (secondary N) is 1. The van der Waals surface area contributed by atoms with Crippen molar-refractivity contribution in [2.24, 2.45) is 0 Å². The molecular formula is C17H23N3S. The maximum Gasteiger partial charge on any atom is 0.185 e. The molecule has 112 valence electrons. The summed E-state index contributed by atoms with van der Waals surface area (Å²) in [7, 11) is 2.13. The molecule has 0 spiro atoms. The Kier molecular flexibility index (Phi) is 4.27. The zero-order valence-electron chi connectivity index (χ0n) is 13.0. The SMILES string of the molecule is Cc1ccccc1CN(C)c1nc(C)c(CNC2CC2)s1. The highest BCUT2D eigenvalue weighted by atomic mass is 32.1. The van der Waals surface area contributed by atoms with Crippen molar-refractivity contribution in [3.05, 3.63) is 46.0 Å². The Labute approximate surface area is 131 Å². The normalized spacial score (nSPS) is 14.4. The van der Waals surface area contributed by atoms with E-state index < -0.39 is 0 Å². The average Bonchev–Trinajstić information content (AvgIpc) is 3.22. The number of rotatable bonds is 6. The smallest absolute Gasteiger partial charge is 0.185 e. The predicted molar refractivity (Wildman–Crippen MR) is 90.0 cm³/mol. The first-order valence-electron chi connectivity index (χ1n) is 7.59. The molecule has 1 aromatic heterocycles. The molecule has 0 radical (unpaired) electrons. The van der Waals surface area contributed by atoms with Crippen molar-refractivity contribution >= 4 is 16.5 Å². The van der Waals surface area contributed by atoms with Gasteiger partial charge in [0.1, 0.15) is 0 Å². The van der Waals surface area contributed by atoms with Crippen LogP contribution in [0.3, 0.4) is 0 Å². The summed E-state index contributed by atoms with van der Waals surface area (Å²) in [5.74, 6) is 0. The Morgan fingerprint density at radius 3 is 2.76 bits per heavy atom. The van der Waals surface area contributed by atoms with Crippen molar-refractivity contribution in [2.75, 3.05) is 11.9 Å². The van der Waals surface area contributed by atoms with E-state index in [4.69, 9.17) is 4.98 Å².